The van der Waals surface area contributed by atoms with Crippen LogP contribution in [0, 0.1) is 0 Å². The van der Waals surface area contributed by atoms with Crippen molar-refractivity contribution in [1.29, 1.82) is 0 Å². The van der Waals surface area contributed by atoms with E-state index in [2.05, 4.69) is 56.6 Å². The Kier molecular flexibility index (Phi) is 2.37. The smallest absolute Gasteiger partial charge is 0.340 e. The number of para-hydroxylation sites is 2. The molecule has 4 heteroatoms. The first-order valence-corrected chi connectivity index (χ1v) is 8.37. The Morgan fingerprint density at radius 1 is 0.920 bits per heavy atom. The third-order valence-corrected chi connectivity index (χ3v) is 4.93. The normalized spacial score (nSPS) is 12.6. The predicted molar refractivity (Wildman–Crippen MR) is 95.6 cm³/mol. The van der Waals surface area contributed by atoms with Gasteiger partial charge in [-0.25, -0.2) is 4.98 Å². The van der Waals surface area contributed by atoms with Crippen LogP contribution in [-0.2, 0) is 6.54 Å². The lowest BCUT2D eigenvalue weighted by Gasteiger charge is -2.00. The molecule has 0 saturated carbocycles. The highest BCUT2D eigenvalue weighted by Crippen LogP contribution is 2.37. The predicted octanol–water partition coefficient (Wildman–Crippen LogP) is 4.09. The highest BCUT2D eigenvalue weighted by molar-refractivity contribution is 6.02. The van der Waals surface area contributed by atoms with Gasteiger partial charge in [-0.15, -0.1) is 0 Å². The number of imidazole rings is 1. The van der Waals surface area contributed by atoms with Gasteiger partial charge in [0.05, 0.1) is 5.39 Å². The summed E-state index contributed by atoms with van der Waals surface area (Å²) in [7, 11) is 0. The van der Waals surface area contributed by atoms with E-state index < -0.39 is 0 Å². The van der Waals surface area contributed by atoms with Crippen LogP contribution in [0.5, 0.6) is 0 Å². The van der Waals surface area contributed by atoms with Crippen LogP contribution in [0.15, 0.2) is 77.3 Å². The molecule has 0 aliphatic carbocycles. The summed E-state index contributed by atoms with van der Waals surface area (Å²) in [5, 5.41) is 1.13. The Bertz CT molecular complexity index is 1260. The average Bonchev–Trinajstić information content (AvgIpc) is 3.30. The molecule has 1 aliphatic heterocycles. The maximum atomic E-state index is 6.24. The number of aromatic nitrogens is 3. The Labute approximate surface area is 143 Å². The van der Waals surface area contributed by atoms with Crippen LogP contribution in [0.4, 0.5) is 0 Å². The van der Waals surface area contributed by atoms with E-state index in [1.54, 1.807) is 0 Å². The number of nitrogens with zero attached hydrogens (tertiary/aromatic N) is 3. The van der Waals surface area contributed by atoms with E-state index in [1.165, 1.54) is 5.56 Å². The molecule has 2 aromatic carbocycles. The molecule has 1 aliphatic rings. The van der Waals surface area contributed by atoms with E-state index in [1.807, 2.05) is 30.5 Å². The fourth-order valence-corrected chi connectivity index (χ4v) is 3.89. The Morgan fingerprint density at radius 3 is 2.68 bits per heavy atom. The molecule has 25 heavy (non-hydrogen) atoms. The molecule has 6 rings (SSSR count). The van der Waals surface area contributed by atoms with Crippen LogP contribution in [0.2, 0.25) is 0 Å². The summed E-state index contributed by atoms with van der Waals surface area (Å²) in [5.74, 6) is 1.08. The van der Waals surface area contributed by atoms with Crippen LogP contribution >= 0.6 is 0 Å². The summed E-state index contributed by atoms with van der Waals surface area (Å²) >= 11 is 0. The molecule has 0 unspecified atom stereocenters. The zero-order valence-corrected chi connectivity index (χ0v) is 13.4. The number of pyridine rings is 1. The molecule has 4 heterocycles. The van der Waals surface area contributed by atoms with Gasteiger partial charge in [0, 0.05) is 11.8 Å². The number of fused-ring (bicyclic) bond motifs is 7. The molecule has 0 spiro atoms. The number of rotatable bonds is 1. The molecule has 118 valence electrons. The largest absolute Gasteiger partial charge is 0.419 e. The van der Waals surface area contributed by atoms with Gasteiger partial charge in [-0.2, -0.15) is 9.13 Å². The first-order valence-electron chi connectivity index (χ1n) is 8.37. The van der Waals surface area contributed by atoms with Crippen molar-refractivity contribution < 1.29 is 8.98 Å². The summed E-state index contributed by atoms with van der Waals surface area (Å²) in [4.78, 5) is 4.66. The maximum Gasteiger partial charge on any atom is 0.340 e. The van der Waals surface area contributed by atoms with Crippen LogP contribution in [0.1, 0.15) is 5.56 Å². The summed E-state index contributed by atoms with van der Waals surface area (Å²) in [6.45, 7) is 0.786. The van der Waals surface area contributed by atoms with Gasteiger partial charge < -0.3 is 4.42 Å². The molecule has 0 atom stereocenters. The van der Waals surface area contributed by atoms with E-state index in [-0.39, 0.29) is 0 Å². The minimum atomic E-state index is 0.786. The van der Waals surface area contributed by atoms with E-state index >= 15 is 0 Å². The van der Waals surface area contributed by atoms with Crippen molar-refractivity contribution in [2.75, 3.05) is 0 Å². The number of hydrogen-bond donors (Lipinski definition) is 0. The van der Waals surface area contributed by atoms with E-state index in [9.17, 15) is 0 Å². The monoisotopic (exact) mass is 324 g/mol. The van der Waals surface area contributed by atoms with Crippen molar-refractivity contribution in [1.82, 2.24) is 9.55 Å². The van der Waals surface area contributed by atoms with Gasteiger partial charge in [-0.1, -0.05) is 36.4 Å². The number of furan rings is 1. The third-order valence-electron chi connectivity index (χ3n) is 4.93. The zero-order chi connectivity index (χ0) is 16.4. The van der Waals surface area contributed by atoms with Gasteiger partial charge in [-0.3, -0.25) is 0 Å². The molecule has 5 aromatic rings. The Balaban J connectivity index is 1.84. The number of hydrogen-bond acceptors (Lipinski definition) is 2. The molecule has 0 saturated heterocycles. The SMILES string of the molecule is c1ccc(-n2c3[n+](c4oc5ccccc5c42)Cc2cccnc2-3)cc1. The van der Waals surface area contributed by atoms with Gasteiger partial charge in [0.25, 0.3) is 0 Å². The average molecular weight is 324 g/mol. The van der Waals surface area contributed by atoms with Crippen molar-refractivity contribution in [2.24, 2.45) is 0 Å². The zero-order valence-electron chi connectivity index (χ0n) is 13.4. The second-order valence-corrected chi connectivity index (χ2v) is 6.34. The summed E-state index contributed by atoms with van der Waals surface area (Å²) in [5.41, 5.74) is 6.29. The lowest BCUT2D eigenvalue weighted by molar-refractivity contribution is -0.652. The minimum Gasteiger partial charge on any atom is -0.419 e. The third kappa shape index (κ3) is 1.61. The molecule has 4 nitrogen and oxygen atoms in total. The first kappa shape index (κ1) is 13.0. The lowest BCUT2D eigenvalue weighted by Crippen LogP contribution is -2.31. The molecular formula is C21H14N3O+. The van der Waals surface area contributed by atoms with Crippen molar-refractivity contribution in [2.45, 2.75) is 6.54 Å². The van der Waals surface area contributed by atoms with Crippen LogP contribution < -0.4 is 4.57 Å². The summed E-state index contributed by atoms with van der Waals surface area (Å²) in [6.07, 6.45) is 1.86. The van der Waals surface area contributed by atoms with Gasteiger partial charge in [-0.05, 0) is 30.3 Å². The molecule has 0 bridgehead atoms. The van der Waals surface area contributed by atoms with Crippen LogP contribution in [0.25, 0.3) is 39.4 Å². The highest BCUT2D eigenvalue weighted by atomic mass is 16.3. The first-order chi connectivity index (χ1) is 12.4. The van der Waals surface area contributed by atoms with Gasteiger partial charge in [0.1, 0.15) is 17.8 Å². The minimum absolute atomic E-state index is 0.786. The topological polar surface area (TPSA) is 34.8 Å². The number of benzene rings is 2. The molecule has 0 fully saturated rings. The molecule has 3 aromatic heterocycles. The van der Waals surface area contributed by atoms with Gasteiger partial charge in [0.2, 0.25) is 5.52 Å². The van der Waals surface area contributed by atoms with Gasteiger partial charge >= 0.3 is 11.5 Å². The fourth-order valence-electron chi connectivity index (χ4n) is 3.89. The molecule has 0 radical (unpaired) electrons. The molecular weight excluding hydrogens is 310 g/mol. The fraction of sp³-hybridized carbons (Fsp3) is 0.0476. The van der Waals surface area contributed by atoms with Crippen LogP contribution in [0.3, 0.4) is 0 Å². The standard InChI is InChI=1S/C21H14N3O/c1-2-8-15(9-3-1)24-19-16-10-4-5-11-17(16)25-21(19)23-13-14-7-6-12-22-18(14)20(23)24/h1-12H,13H2/q+1. The van der Waals surface area contributed by atoms with Crippen molar-refractivity contribution in [3.63, 3.8) is 0 Å². The summed E-state index contributed by atoms with van der Waals surface area (Å²) < 4.78 is 10.8. The van der Waals surface area contributed by atoms with Crippen molar-refractivity contribution >= 4 is 22.2 Å². The second kappa shape index (κ2) is 4.57. The van der Waals surface area contributed by atoms with Gasteiger partial charge in [0.15, 0.2) is 5.69 Å². The molecule has 0 N–H and O–H groups in total. The van der Waals surface area contributed by atoms with Crippen LogP contribution in [-0.4, -0.2) is 9.55 Å². The quantitative estimate of drug-likeness (QED) is 0.427. The second-order valence-electron chi connectivity index (χ2n) is 6.34. The van der Waals surface area contributed by atoms with Crippen molar-refractivity contribution in [3.8, 4) is 17.2 Å². The Hall–Kier alpha value is -3.40. The maximum absolute atomic E-state index is 6.24. The molecule has 0 amide bonds. The Morgan fingerprint density at radius 2 is 1.76 bits per heavy atom. The van der Waals surface area contributed by atoms with E-state index in [4.69, 9.17) is 4.42 Å². The van der Waals surface area contributed by atoms with E-state index in [0.29, 0.717) is 0 Å². The van der Waals surface area contributed by atoms with Crippen molar-refractivity contribution in [3.05, 3.63) is 78.5 Å². The highest BCUT2D eigenvalue weighted by Gasteiger charge is 2.39. The summed E-state index contributed by atoms with van der Waals surface area (Å²) in [6, 6.07) is 22.8. The van der Waals surface area contributed by atoms with E-state index in [0.717, 1.165) is 45.9 Å². The lowest BCUT2D eigenvalue weighted by atomic mass is 10.2.